The number of hydrogen-bond acceptors (Lipinski definition) is 2. The van der Waals surface area contributed by atoms with E-state index in [0.717, 1.165) is 19.3 Å². The van der Waals surface area contributed by atoms with Crippen molar-refractivity contribution >= 4 is 5.91 Å². The maximum absolute atomic E-state index is 10.5. The van der Waals surface area contributed by atoms with Gasteiger partial charge in [0, 0.05) is 12.5 Å². The Morgan fingerprint density at radius 2 is 2.20 bits per heavy atom. The zero-order chi connectivity index (χ0) is 7.56. The van der Waals surface area contributed by atoms with Crippen molar-refractivity contribution in [1.29, 1.82) is 0 Å². The van der Waals surface area contributed by atoms with E-state index in [1.807, 2.05) is 0 Å². The highest BCUT2D eigenvalue weighted by atomic mass is 16.1. The van der Waals surface area contributed by atoms with Gasteiger partial charge in [-0.1, -0.05) is 6.42 Å². The Balaban J connectivity index is 2.33. The molecule has 1 aliphatic carbocycles. The van der Waals surface area contributed by atoms with Crippen LogP contribution in [0.2, 0.25) is 0 Å². The van der Waals surface area contributed by atoms with E-state index < -0.39 is 0 Å². The minimum absolute atomic E-state index is 0.215. The second kappa shape index (κ2) is 3.01. The molecular formula is C7H14N2O. The van der Waals surface area contributed by atoms with Crippen molar-refractivity contribution in [1.82, 2.24) is 0 Å². The summed E-state index contributed by atoms with van der Waals surface area (Å²) < 4.78 is 0. The van der Waals surface area contributed by atoms with Crippen molar-refractivity contribution in [2.24, 2.45) is 17.4 Å². The summed E-state index contributed by atoms with van der Waals surface area (Å²) in [6, 6.07) is 0.215. The van der Waals surface area contributed by atoms with Crippen LogP contribution in [-0.4, -0.2) is 11.9 Å². The molecule has 0 heterocycles. The molecule has 1 amide bonds. The monoisotopic (exact) mass is 142 g/mol. The first-order chi connectivity index (χ1) is 4.70. The lowest BCUT2D eigenvalue weighted by Crippen LogP contribution is -2.28. The molecule has 0 radical (unpaired) electrons. The van der Waals surface area contributed by atoms with Gasteiger partial charge in [0.2, 0.25) is 5.91 Å². The van der Waals surface area contributed by atoms with Crippen LogP contribution in [0.25, 0.3) is 0 Å². The normalized spacial score (nSPS) is 32.5. The van der Waals surface area contributed by atoms with Crippen molar-refractivity contribution < 1.29 is 4.79 Å². The maximum Gasteiger partial charge on any atom is 0.217 e. The SMILES string of the molecule is NC(=O)C[C@@H]1CCC[C@@H]1N. The number of carbonyl (C=O) groups is 1. The molecule has 1 saturated carbocycles. The zero-order valence-corrected chi connectivity index (χ0v) is 6.05. The number of nitrogens with two attached hydrogens (primary N) is 2. The van der Waals surface area contributed by atoms with Gasteiger partial charge in [0.05, 0.1) is 0 Å². The molecule has 0 bridgehead atoms. The van der Waals surface area contributed by atoms with Gasteiger partial charge in [-0.25, -0.2) is 0 Å². The molecule has 1 aliphatic rings. The molecule has 3 heteroatoms. The van der Waals surface area contributed by atoms with Crippen molar-refractivity contribution in [2.75, 3.05) is 0 Å². The van der Waals surface area contributed by atoms with E-state index in [1.165, 1.54) is 0 Å². The second-order valence-electron chi connectivity index (χ2n) is 3.03. The van der Waals surface area contributed by atoms with Crippen molar-refractivity contribution in [2.45, 2.75) is 31.7 Å². The number of hydrogen-bond donors (Lipinski definition) is 2. The smallest absolute Gasteiger partial charge is 0.217 e. The fourth-order valence-electron chi connectivity index (χ4n) is 1.58. The summed E-state index contributed by atoms with van der Waals surface area (Å²) in [5, 5.41) is 0. The maximum atomic E-state index is 10.5. The van der Waals surface area contributed by atoms with Crippen molar-refractivity contribution in [3.63, 3.8) is 0 Å². The summed E-state index contributed by atoms with van der Waals surface area (Å²) in [5.41, 5.74) is 10.8. The second-order valence-corrected chi connectivity index (χ2v) is 3.03. The van der Waals surface area contributed by atoms with Gasteiger partial charge in [-0.15, -0.1) is 0 Å². The fourth-order valence-corrected chi connectivity index (χ4v) is 1.58. The highest BCUT2D eigenvalue weighted by molar-refractivity contribution is 5.74. The molecule has 3 nitrogen and oxygen atoms in total. The first-order valence-corrected chi connectivity index (χ1v) is 3.74. The third kappa shape index (κ3) is 1.70. The summed E-state index contributed by atoms with van der Waals surface area (Å²) in [5.74, 6) is 0.139. The average molecular weight is 142 g/mol. The number of carbonyl (C=O) groups excluding carboxylic acids is 1. The van der Waals surface area contributed by atoms with E-state index in [0.29, 0.717) is 12.3 Å². The van der Waals surface area contributed by atoms with E-state index in [-0.39, 0.29) is 11.9 Å². The van der Waals surface area contributed by atoms with E-state index in [4.69, 9.17) is 11.5 Å². The lowest BCUT2D eigenvalue weighted by Gasteiger charge is -2.11. The Kier molecular flexibility index (Phi) is 2.27. The van der Waals surface area contributed by atoms with E-state index in [9.17, 15) is 4.79 Å². The van der Waals surface area contributed by atoms with Gasteiger partial charge in [0.25, 0.3) is 0 Å². The van der Waals surface area contributed by atoms with Gasteiger partial charge >= 0.3 is 0 Å². The summed E-state index contributed by atoms with van der Waals surface area (Å²) in [6.07, 6.45) is 3.75. The largest absolute Gasteiger partial charge is 0.370 e. The molecule has 0 unspecified atom stereocenters. The molecule has 4 N–H and O–H groups in total. The van der Waals surface area contributed by atoms with Gasteiger partial charge < -0.3 is 11.5 Å². The standard InChI is InChI=1S/C7H14N2O/c8-6-3-1-2-5(6)4-7(9)10/h5-6H,1-4,8H2,(H2,9,10)/t5-,6-/m0/s1. The minimum Gasteiger partial charge on any atom is -0.370 e. The Morgan fingerprint density at radius 1 is 1.50 bits per heavy atom. The van der Waals surface area contributed by atoms with Gasteiger partial charge in [-0.2, -0.15) is 0 Å². The fraction of sp³-hybridized carbons (Fsp3) is 0.857. The zero-order valence-electron chi connectivity index (χ0n) is 6.05. The highest BCUT2D eigenvalue weighted by Gasteiger charge is 2.24. The number of amides is 1. The first kappa shape index (κ1) is 7.54. The average Bonchev–Trinajstić information content (AvgIpc) is 2.15. The van der Waals surface area contributed by atoms with E-state index >= 15 is 0 Å². The van der Waals surface area contributed by atoms with Crippen LogP contribution in [0.4, 0.5) is 0 Å². The van der Waals surface area contributed by atoms with Gasteiger partial charge in [-0.3, -0.25) is 4.79 Å². The minimum atomic E-state index is -0.220. The Labute approximate surface area is 60.8 Å². The highest BCUT2D eigenvalue weighted by Crippen LogP contribution is 2.26. The predicted molar refractivity (Wildman–Crippen MR) is 39.1 cm³/mol. The Bertz CT molecular complexity index is 136. The molecule has 0 aromatic carbocycles. The third-order valence-electron chi connectivity index (χ3n) is 2.18. The van der Waals surface area contributed by atoms with Crippen LogP contribution in [-0.2, 0) is 4.79 Å². The molecule has 10 heavy (non-hydrogen) atoms. The third-order valence-corrected chi connectivity index (χ3v) is 2.18. The molecule has 0 spiro atoms. The summed E-state index contributed by atoms with van der Waals surface area (Å²) in [4.78, 5) is 10.5. The molecular weight excluding hydrogens is 128 g/mol. The molecule has 0 aromatic rings. The molecule has 1 rings (SSSR count). The first-order valence-electron chi connectivity index (χ1n) is 3.74. The lowest BCUT2D eigenvalue weighted by molar-refractivity contribution is -0.118. The lowest BCUT2D eigenvalue weighted by atomic mass is 10.0. The number of rotatable bonds is 2. The predicted octanol–water partition coefficient (Wildman–Crippen LogP) is -0.0108. The molecule has 2 atom stereocenters. The quantitative estimate of drug-likeness (QED) is 0.569. The molecule has 1 fully saturated rings. The molecule has 0 aliphatic heterocycles. The summed E-state index contributed by atoms with van der Waals surface area (Å²) in [7, 11) is 0. The van der Waals surface area contributed by atoms with Crippen LogP contribution in [0.15, 0.2) is 0 Å². The van der Waals surface area contributed by atoms with E-state index in [1.54, 1.807) is 0 Å². The van der Waals surface area contributed by atoms with Crippen molar-refractivity contribution in [3.8, 4) is 0 Å². The van der Waals surface area contributed by atoms with E-state index in [2.05, 4.69) is 0 Å². The van der Waals surface area contributed by atoms with Crippen LogP contribution < -0.4 is 11.5 Å². The molecule has 0 saturated heterocycles. The Hall–Kier alpha value is -0.570. The molecule has 58 valence electrons. The van der Waals surface area contributed by atoms with Crippen LogP contribution in [0, 0.1) is 5.92 Å². The van der Waals surface area contributed by atoms with Crippen LogP contribution in [0.5, 0.6) is 0 Å². The van der Waals surface area contributed by atoms with Crippen molar-refractivity contribution in [3.05, 3.63) is 0 Å². The van der Waals surface area contributed by atoms with Gasteiger partial charge in [-0.05, 0) is 18.8 Å². The topological polar surface area (TPSA) is 69.1 Å². The van der Waals surface area contributed by atoms with Crippen LogP contribution in [0.3, 0.4) is 0 Å². The number of primary amides is 1. The summed E-state index contributed by atoms with van der Waals surface area (Å²) in [6.45, 7) is 0. The van der Waals surface area contributed by atoms with Gasteiger partial charge in [0.15, 0.2) is 0 Å². The molecule has 0 aromatic heterocycles. The van der Waals surface area contributed by atoms with Crippen LogP contribution >= 0.6 is 0 Å². The summed E-state index contributed by atoms with van der Waals surface area (Å²) >= 11 is 0. The Morgan fingerprint density at radius 3 is 2.60 bits per heavy atom. The van der Waals surface area contributed by atoms with Gasteiger partial charge in [0.1, 0.15) is 0 Å². The van der Waals surface area contributed by atoms with Crippen LogP contribution in [0.1, 0.15) is 25.7 Å².